The molecule has 0 N–H and O–H groups in total. The summed E-state index contributed by atoms with van der Waals surface area (Å²) >= 11 is 7.86. The minimum Gasteiger partial charge on any atom is -0.379 e. The molecule has 0 radical (unpaired) electrons. The predicted octanol–water partition coefficient (Wildman–Crippen LogP) is 5.06. The zero-order valence-corrected chi connectivity index (χ0v) is 19.7. The van der Waals surface area contributed by atoms with Crippen molar-refractivity contribution in [3.05, 3.63) is 59.1 Å². The van der Waals surface area contributed by atoms with Gasteiger partial charge in [-0.05, 0) is 30.5 Å². The highest BCUT2D eigenvalue weighted by atomic mass is 35.5. The highest BCUT2D eigenvalue weighted by Crippen LogP contribution is 2.33. The molecule has 0 bridgehead atoms. The number of rotatable bonds is 8. The maximum Gasteiger partial charge on any atom is 0.229 e. The molecule has 1 saturated heterocycles. The third-order valence-corrected chi connectivity index (χ3v) is 6.67. The van der Waals surface area contributed by atoms with Crippen LogP contribution in [-0.2, 0) is 16.0 Å². The van der Waals surface area contributed by atoms with E-state index >= 15 is 0 Å². The van der Waals surface area contributed by atoms with E-state index in [2.05, 4.69) is 17.0 Å². The minimum atomic E-state index is 0. The molecule has 0 aliphatic carbocycles. The standard InChI is InChI=1S/C23H26ClN3O2S.ClH/c24-19-8-4-9-20-22(19)25-23(30-20)27(13-5-12-26-14-16-29-17-15-26)21(28)11-10-18-6-2-1-3-7-18;/h1-4,6-9H,5,10-17H2;1H. The number of hydrogen-bond acceptors (Lipinski definition) is 5. The summed E-state index contributed by atoms with van der Waals surface area (Å²) < 4.78 is 6.43. The molecule has 166 valence electrons. The lowest BCUT2D eigenvalue weighted by Gasteiger charge is -2.27. The molecule has 4 rings (SSSR count). The summed E-state index contributed by atoms with van der Waals surface area (Å²) in [5.41, 5.74) is 1.94. The molecular weight excluding hydrogens is 453 g/mol. The van der Waals surface area contributed by atoms with Gasteiger partial charge < -0.3 is 4.74 Å². The Labute approximate surface area is 198 Å². The van der Waals surface area contributed by atoms with Gasteiger partial charge in [0.05, 0.1) is 22.9 Å². The zero-order chi connectivity index (χ0) is 20.8. The number of amides is 1. The number of aromatic nitrogens is 1. The van der Waals surface area contributed by atoms with E-state index in [-0.39, 0.29) is 18.3 Å². The van der Waals surface area contributed by atoms with Gasteiger partial charge >= 0.3 is 0 Å². The molecule has 5 nitrogen and oxygen atoms in total. The number of benzene rings is 2. The van der Waals surface area contributed by atoms with Crippen LogP contribution >= 0.6 is 35.3 Å². The van der Waals surface area contributed by atoms with Gasteiger partial charge in [0.2, 0.25) is 5.91 Å². The van der Waals surface area contributed by atoms with Crippen LogP contribution in [-0.4, -0.2) is 55.2 Å². The monoisotopic (exact) mass is 479 g/mol. The van der Waals surface area contributed by atoms with E-state index in [4.69, 9.17) is 21.3 Å². The Hall–Kier alpha value is -1.70. The third-order valence-electron chi connectivity index (χ3n) is 5.32. The first-order valence-corrected chi connectivity index (χ1v) is 11.6. The van der Waals surface area contributed by atoms with Gasteiger partial charge in [-0.2, -0.15) is 0 Å². The van der Waals surface area contributed by atoms with Crippen molar-refractivity contribution in [2.75, 3.05) is 44.3 Å². The molecule has 3 aromatic rings. The van der Waals surface area contributed by atoms with Crippen molar-refractivity contribution in [2.24, 2.45) is 0 Å². The molecule has 2 heterocycles. The van der Waals surface area contributed by atoms with Gasteiger partial charge in [0.1, 0.15) is 5.52 Å². The first-order chi connectivity index (χ1) is 14.7. The highest BCUT2D eigenvalue weighted by molar-refractivity contribution is 7.22. The van der Waals surface area contributed by atoms with Crippen molar-refractivity contribution in [1.82, 2.24) is 9.88 Å². The smallest absolute Gasteiger partial charge is 0.229 e. The number of para-hydroxylation sites is 1. The second-order valence-corrected chi connectivity index (χ2v) is 8.84. The summed E-state index contributed by atoms with van der Waals surface area (Å²) in [7, 11) is 0. The van der Waals surface area contributed by atoms with Crippen LogP contribution in [0.15, 0.2) is 48.5 Å². The van der Waals surface area contributed by atoms with Crippen LogP contribution in [0.1, 0.15) is 18.4 Å². The number of halogens is 2. The van der Waals surface area contributed by atoms with Gasteiger partial charge in [-0.1, -0.05) is 59.3 Å². The number of fused-ring (bicyclic) bond motifs is 1. The fourth-order valence-electron chi connectivity index (χ4n) is 3.65. The summed E-state index contributed by atoms with van der Waals surface area (Å²) in [6.07, 6.45) is 2.09. The molecule has 1 fully saturated rings. The zero-order valence-electron chi connectivity index (χ0n) is 17.3. The number of morpholine rings is 1. The average molecular weight is 480 g/mol. The predicted molar refractivity (Wildman–Crippen MR) is 131 cm³/mol. The van der Waals surface area contributed by atoms with Crippen LogP contribution < -0.4 is 4.90 Å². The quantitative estimate of drug-likeness (QED) is 0.452. The molecule has 8 heteroatoms. The highest BCUT2D eigenvalue weighted by Gasteiger charge is 2.21. The fraction of sp³-hybridized carbons (Fsp3) is 0.391. The summed E-state index contributed by atoms with van der Waals surface area (Å²) in [6.45, 7) is 5.10. The normalized spacial score (nSPS) is 14.4. The molecule has 0 atom stereocenters. The number of ether oxygens (including phenoxy) is 1. The molecule has 2 aromatic carbocycles. The molecule has 1 amide bonds. The first-order valence-electron chi connectivity index (χ1n) is 10.4. The summed E-state index contributed by atoms with van der Waals surface area (Å²) in [5, 5.41) is 1.36. The molecule has 1 aromatic heterocycles. The van der Waals surface area contributed by atoms with E-state index in [1.807, 2.05) is 41.3 Å². The molecule has 0 saturated carbocycles. The number of hydrogen-bond donors (Lipinski definition) is 0. The Morgan fingerprint density at radius 3 is 2.65 bits per heavy atom. The Bertz CT molecular complexity index is 977. The van der Waals surface area contributed by atoms with E-state index in [9.17, 15) is 4.79 Å². The van der Waals surface area contributed by atoms with E-state index in [0.29, 0.717) is 18.0 Å². The number of nitrogens with zero attached hydrogens (tertiary/aromatic N) is 3. The number of carbonyl (C=O) groups is 1. The van der Waals surface area contributed by atoms with Crippen LogP contribution in [0, 0.1) is 0 Å². The van der Waals surface area contributed by atoms with E-state index in [1.54, 1.807) is 0 Å². The maximum atomic E-state index is 13.2. The first kappa shape index (κ1) is 24.0. The van der Waals surface area contributed by atoms with E-state index in [0.717, 1.165) is 61.0 Å². The molecule has 1 aliphatic rings. The Morgan fingerprint density at radius 2 is 1.90 bits per heavy atom. The fourth-order valence-corrected chi connectivity index (χ4v) is 4.96. The van der Waals surface area contributed by atoms with Crippen LogP contribution in [0.25, 0.3) is 10.2 Å². The average Bonchev–Trinajstić information content (AvgIpc) is 3.22. The van der Waals surface area contributed by atoms with Crippen LogP contribution in [0.4, 0.5) is 5.13 Å². The van der Waals surface area contributed by atoms with Crippen LogP contribution in [0.5, 0.6) is 0 Å². The van der Waals surface area contributed by atoms with Crippen molar-refractivity contribution >= 4 is 56.6 Å². The van der Waals surface area contributed by atoms with Crippen molar-refractivity contribution in [3.63, 3.8) is 0 Å². The number of thiazole rings is 1. The summed E-state index contributed by atoms with van der Waals surface area (Å²) in [6, 6.07) is 15.9. The van der Waals surface area contributed by atoms with Crippen molar-refractivity contribution in [2.45, 2.75) is 19.3 Å². The minimum absolute atomic E-state index is 0. The topological polar surface area (TPSA) is 45.7 Å². The molecular formula is C23H27Cl2N3O2S. The lowest BCUT2D eigenvalue weighted by Crippen LogP contribution is -2.39. The largest absolute Gasteiger partial charge is 0.379 e. The Balaban J connectivity index is 0.00000272. The van der Waals surface area contributed by atoms with Gasteiger partial charge in [-0.25, -0.2) is 4.98 Å². The van der Waals surface area contributed by atoms with Gasteiger partial charge in [0.25, 0.3) is 0 Å². The van der Waals surface area contributed by atoms with Crippen LogP contribution in [0.2, 0.25) is 5.02 Å². The lowest BCUT2D eigenvalue weighted by atomic mass is 10.1. The van der Waals surface area contributed by atoms with Gasteiger partial charge in [0, 0.05) is 32.6 Å². The lowest BCUT2D eigenvalue weighted by molar-refractivity contribution is -0.118. The third kappa shape index (κ3) is 6.40. The summed E-state index contributed by atoms with van der Waals surface area (Å²) in [4.78, 5) is 22.1. The maximum absolute atomic E-state index is 13.2. The molecule has 0 unspecified atom stereocenters. The van der Waals surface area contributed by atoms with E-state index < -0.39 is 0 Å². The van der Waals surface area contributed by atoms with Crippen molar-refractivity contribution < 1.29 is 9.53 Å². The number of carbonyl (C=O) groups excluding carboxylic acids is 1. The van der Waals surface area contributed by atoms with Gasteiger partial charge in [-0.3, -0.25) is 14.6 Å². The van der Waals surface area contributed by atoms with Gasteiger partial charge in [-0.15, -0.1) is 12.4 Å². The summed E-state index contributed by atoms with van der Waals surface area (Å²) in [5.74, 6) is 0.107. The van der Waals surface area contributed by atoms with Crippen molar-refractivity contribution in [3.8, 4) is 0 Å². The van der Waals surface area contributed by atoms with Crippen LogP contribution in [0.3, 0.4) is 0 Å². The van der Waals surface area contributed by atoms with Crippen molar-refractivity contribution in [1.29, 1.82) is 0 Å². The molecule has 31 heavy (non-hydrogen) atoms. The van der Waals surface area contributed by atoms with E-state index in [1.165, 1.54) is 16.9 Å². The second kappa shape index (κ2) is 11.8. The Morgan fingerprint density at radius 1 is 1.13 bits per heavy atom. The SMILES string of the molecule is Cl.O=C(CCc1ccccc1)N(CCCN1CCOCC1)c1nc2c(Cl)cccc2s1. The number of aryl methyl sites for hydroxylation is 1. The molecule has 0 spiro atoms. The van der Waals surface area contributed by atoms with Gasteiger partial charge in [0.15, 0.2) is 5.13 Å². The Kier molecular flexibility index (Phi) is 9.11. The molecule has 1 aliphatic heterocycles. The second-order valence-electron chi connectivity index (χ2n) is 7.42. The number of anilines is 1.